The molecule has 104 valence electrons. The van der Waals surface area contributed by atoms with E-state index in [1.165, 1.54) is 18.2 Å². The van der Waals surface area contributed by atoms with E-state index < -0.39 is 5.97 Å². The largest absolute Gasteiger partial charge is 0.478 e. The zero-order chi connectivity index (χ0) is 14.5. The molecule has 0 heterocycles. The highest BCUT2D eigenvalue weighted by Crippen LogP contribution is 2.21. The van der Waals surface area contributed by atoms with Crippen molar-refractivity contribution in [1.29, 1.82) is 0 Å². The molecule has 20 heavy (non-hydrogen) atoms. The monoisotopic (exact) mass is 337 g/mol. The van der Waals surface area contributed by atoms with E-state index in [0.717, 1.165) is 11.3 Å². The highest BCUT2D eigenvalue weighted by Gasteiger charge is 2.08. The summed E-state index contributed by atoms with van der Waals surface area (Å²) < 4.78 is 13.5. The van der Waals surface area contributed by atoms with Gasteiger partial charge in [0.25, 0.3) is 0 Å². The predicted octanol–water partition coefficient (Wildman–Crippen LogP) is 3.94. The highest BCUT2D eigenvalue weighted by molar-refractivity contribution is 9.10. The summed E-state index contributed by atoms with van der Waals surface area (Å²) in [4.78, 5) is 10.9. The fraction of sp³-hybridized carbons (Fsp3) is 0.133. The Labute approximate surface area is 124 Å². The number of anilines is 1. The van der Waals surface area contributed by atoms with E-state index in [0.29, 0.717) is 17.4 Å². The van der Waals surface area contributed by atoms with Gasteiger partial charge in [-0.1, -0.05) is 12.1 Å². The summed E-state index contributed by atoms with van der Waals surface area (Å²) >= 11 is 3.22. The van der Waals surface area contributed by atoms with Crippen molar-refractivity contribution in [2.45, 2.75) is 6.42 Å². The lowest BCUT2D eigenvalue weighted by atomic mass is 10.1. The second kappa shape index (κ2) is 6.52. The number of rotatable bonds is 5. The average Bonchev–Trinajstić information content (AvgIpc) is 2.38. The fourth-order valence-electron chi connectivity index (χ4n) is 1.84. The van der Waals surface area contributed by atoms with E-state index in [1.54, 1.807) is 18.2 Å². The van der Waals surface area contributed by atoms with Crippen LogP contribution in [-0.2, 0) is 6.42 Å². The van der Waals surface area contributed by atoms with Crippen molar-refractivity contribution in [3.8, 4) is 0 Å². The molecule has 0 aliphatic rings. The van der Waals surface area contributed by atoms with Gasteiger partial charge in [0.1, 0.15) is 5.82 Å². The van der Waals surface area contributed by atoms with Gasteiger partial charge in [0.15, 0.2) is 0 Å². The molecule has 0 amide bonds. The minimum absolute atomic E-state index is 0.223. The van der Waals surface area contributed by atoms with E-state index in [-0.39, 0.29) is 11.4 Å². The van der Waals surface area contributed by atoms with E-state index in [1.807, 2.05) is 6.07 Å². The smallest absolute Gasteiger partial charge is 0.336 e. The standard InChI is InChI=1S/C15H13BrFNO2/c16-14-9-12(4-5-13(14)15(19)20)18-7-6-10-2-1-3-11(17)8-10/h1-5,8-9,18H,6-7H2,(H,19,20). The number of hydrogen-bond donors (Lipinski definition) is 2. The molecular weight excluding hydrogens is 325 g/mol. The molecule has 0 atom stereocenters. The molecule has 2 aromatic rings. The third-order valence-electron chi connectivity index (χ3n) is 2.83. The molecule has 0 radical (unpaired) electrons. The number of carboxylic acid groups (broad SMARTS) is 1. The van der Waals surface area contributed by atoms with Crippen LogP contribution < -0.4 is 5.32 Å². The normalized spacial score (nSPS) is 10.3. The summed E-state index contributed by atoms with van der Waals surface area (Å²) in [6, 6.07) is 11.4. The van der Waals surface area contributed by atoms with Crippen LogP contribution in [0.25, 0.3) is 0 Å². The second-order valence-corrected chi connectivity index (χ2v) is 5.16. The van der Waals surface area contributed by atoms with E-state index in [9.17, 15) is 9.18 Å². The van der Waals surface area contributed by atoms with Gasteiger partial charge in [-0.3, -0.25) is 0 Å². The Morgan fingerprint density at radius 1 is 1.25 bits per heavy atom. The van der Waals surface area contributed by atoms with Crippen molar-refractivity contribution in [2.75, 3.05) is 11.9 Å². The summed E-state index contributed by atoms with van der Waals surface area (Å²) in [6.07, 6.45) is 0.691. The van der Waals surface area contributed by atoms with Crippen LogP contribution in [0.3, 0.4) is 0 Å². The minimum Gasteiger partial charge on any atom is -0.478 e. The lowest BCUT2D eigenvalue weighted by Crippen LogP contribution is -2.06. The summed E-state index contributed by atoms with van der Waals surface area (Å²) in [5.74, 6) is -1.21. The van der Waals surface area contributed by atoms with Crippen LogP contribution in [0.4, 0.5) is 10.1 Å². The summed E-state index contributed by atoms with van der Waals surface area (Å²) in [7, 11) is 0. The van der Waals surface area contributed by atoms with Gasteiger partial charge in [-0.25, -0.2) is 9.18 Å². The molecule has 0 bridgehead atoms. The molecule has 2 N–H and O–H groups in total. The lowest BCUT2D eigenvalue weighted by molar-refractivity contribution is 0.0696. The predicted molar refractivity (Wildman–Crippen MR) is 79.7 cm³/mol. The zero-order valence-electron chi connectivity index (χ0n) is 10.6. The molecule has 0 saturated heterocycles. The van der Waals surface area contributed by atoms with Gasteiger partial charge >= 0.3 is 5.97 Å². The van der Waals surface area contributed by atoms with Gasteiger partial charge < -0.3 is 10.4 Å². The lowest BCUT2D eigenvalue weighted by Gasteiger charge is -2.08. The molecule has 0 aliphatic heterocycles. The number of benzene rings is 2. The Kier molecular flexibility index (Phi) is 4.74. The maximum atomic E-state index is 13.0. The third kappa shape index (κ3) is 3.81. The Hall–Kier alpha value is -1.88. The van der Waals surface area contributed by atoms with Crippen molar-refractivity contribution in [3.63, 3.8) is 0 Å². The molecule has 0 saturated carbocycles. The van der Waals surface area contributed by atoms with Gasteiger partial charge in [-0.2, -0.15) is 0 Å². The molecule has 0 unspecified atom stereocenters. The first-order valence-electron chi connectivity index (χ1n) is 6.07. The molecular formula is C15H13BrFNO2. The summed E-state index contributed by atoms with van der Waals surface area (Å²) in [6.45, 7) is 0.641. The zero-order valence-corrected chi connectivity index (χ0v) is 12.2. The first-order valence-corrected chi connectivity index (χ1v) is 6.87. The van der Waals surface area contributed by atoms with Gasteiger partial charge in [0.05, 0.1) is 5.56 Å². The molecule has 0 fully saturated rings. The van der Waals surface area contributed by atoms with Crippen molar-refractivity contribution in [2.24, 2.45) is 0 Å². The van der Waals surface area contributed by atoms with Crippen LogP contribution >= 0.6 is 15.9 Å². The first kappa shape index (κ1) is 14.5. The summed E-state index contributed by atoms with van der Waals surface area (Å²) in [5.41, 5.74) is 1.96. The Balaban J connectivity index is 1.94. The Morgan fingerprint density at radius 2 is 2.05 bits per heavy atom. The topological polar surface area (TPSA) is 49.3 Å². The second-order valence-electron chi connectivity index (χ2n) is 4.31. The number of hydrogen-bond acceptors (Lipinski definition) is 2. The van der Waals surface area contributed by atoms with Gasteiger partial charge in [0, 0.05) is 16.7 Å². The molecule has 3 nitrogen and oxygen atoms in total. The Bertz CT molecular complexity index is 631. The number of carbonyl (C=O) groups is 1. The SMILES string of the molecule is O=C(O)c1ccc(NCCc2cccc(F)c2)cc1Br. The Morgan fingerprint density at radius 3 is 2.70 bits per heavy atom. The number of carboxylic acids is 1. The molecule has 0 aliphatic carbocycles. The van der Waals surface area contributed by atoms with Gasteiger partial charge in [0.2, 0.25) is 0 Å². The molecule has 5 heteroatoms. The molecule has 0 spiro atoms. The van der Waals surface area contributed by atoms with E-state index in [2.05, 4.69) is 21.2 Å². The van der Waals surface area contributed by atoms with Crippen LogP contribution in [0.15, 0.2) is 46.9 Å². The third-order valence-corrected chi connectivity index (χ3v) is 3.49. The number of aromatic carboxylic acids is 1. The maximum Gasteiger partial charge on any atom is 0.336 e. The van der Waals surface area contributed by atoms with Gasteiger partial charge in [-0.05, 0) is 58.2 Å². The highest BCUT2D eigenvalue weighted by atomic mass is 79.9. The van der Waals surface area contributed by atoms with Gasteiger partial charge in [-0.15, -0.1) is 0 Å². The maximum absolute atomic E-state index is 13.0. The number of nitrogens with one attached hydrogen (secondary N) is 1. The van der Waals surface area contributed by atoms with Crippen molar-refractivity contribution < 1.29 is 14.3 Å². The fourth-order valence-corrected chi connectivity index (χ4v) is 2.39. The average molecular weight is 338 g/mol. The van der Waals surface area contributed by atoms with E-state index in [4.69, 9.17) is 5.11 Å². The van der Waals surface area contributed by atoms with Crippen LogP contribution in [-0.4, -0.2) is 17.6 Å². The van der Waals surface area contributed by atoms with Crippen molar-refractivity contribution in [3.05, 3.63) is 63.9 Å². The van der Waals surface area contributed by atoms with Crippen LogP contribution in [0.2, 0.25) is 0 Å². The summed E-state index contributed by atoms with van der Waals surface area (Å²) in [5, 5.41) is 12.1. The molecule has 2 rings (SSSR count). The quantitative estimate of drug-likeness (QED) is 0.868. The van der Waals surface area contributed by atoms with Crippen LogP contribution in [0, 0.1) is 5.82 Å². The first-order chi connectivity index (χ1) is 9.56. The van der Waals surface area contributed by atoms with E-state index >= 15 is 0 Å². The van der Waals surface area contributed by atoms with Crippen LogP contribution in [0.1, 0.15) is 15.9 Å². The van der Waals surface area contributed by atoms with Crippen molar-refractivity contribution in [1.82, 2.24) is 0 Å². The number of halogens is 2. The van der Waals surface area contributed by atoms with Crippen molar-refractivity contribution >= 4 is 27.6 Å². The van der Waals surface area contributed by atoms with Crippen LogP contribution in [0.5, 0.6) is 0 Å². The minimum atomic E-state index is -0.969. The molecule has 0 aromatic heterocycles. The molecule has 2 aromatic carbocycles.